The van der Waals surface area contributed by atoms with Gasteiger partial charge in [-0.3, -0.25) is 0 Å². The lowest BCUT2D eigenvalue weighted by atomic mass is 9.74. The van der Waals surface area contributed by atoms with Crippen LogP contribution in [-0.4, -0.2) is 9.97 Å². The van der Waals surface area contributed by atoms with Crippen molar-refractivity contribution in [2.75, 3.05) is 0 Å². The van der Waals surface area contributed by atoms with Crippen molar-refractivity contribution in [1.82, 2.24) is 9.97 Å². The number of fused-ring (bicyclic) bond motifs is 6. The van der Waals surface area contributed by atoms with Crippen LogP contribution in [0.5, 0.6) is 0 Å². The minimum atomic E-state index is 0.291. The predicted molar refractivity (Wildman–Crippen MR) is 210 cm³/mol. The quantitative estimate of drug-likeness (QED) is 0.185. The molecule has 0 radical (unpaired) electrons. The van der Waals surface area contributed by atoms with Crippen LogP contribution in [0.4, 0.5) is 0 Å². The SMILES string of the molecule is C1=Cc2ccccc2C(C2CC=Cc3c2oc2c3cc(-c3ccc(-c4cc(-c5ccccc5)nc(-c5ccccc5)n4)cc3)c3ccccc32)C1. The number of hydrogen-bond acceptors (Lipinski definition) is 3. The number of rotatable bonds is 5. The predicted octanol–water partition coefficient (Wildman–Crippen LogP) is 12.7. The Kier molecular flexibility index (Phi) is 7.09. The Bertz CT molecular complexity index is 2570. The fourth-order valence-corrected chi connectivity index (χ4v) is 8.17. The van der Waals surface area contributed by atoms with Gasteiger partial charge in [0.1, 0.15) is 11.3 Å². The number of allylic oxidation sites excluding steroid dienone is 2. The van der Waals surface area contributed by atoms with Crippen LogP contribution in [0.25, 0.3) is 78.9 Å². The van der Waals surface area contributed by atoms with Crippen LogP contribution in [0.15, 0.2) is 162 Å². The van der Waals surface area contributed by atoms with Gasteiger partial charge in [-0.05, 0) is 58.5 Å². The second-order valence-electron chi connectivity index (χ2n) is 13.6. The number of benzene rings is 6. The maximum absolute atomic E-state index is 6.96. The molecule has 0 bridgehead atoms. The van der Waals surface area contributed by atoms with E-state index in [0.717, 1.165) is 69.0 Å². The fourth-order valence-electron chi connectivity index (χ4n) is 8.17. The highest BCUT2D eigenvalue weighted by atomic mass is 16.3. The zero-order valence-corrected chi connectivity index (χ0v) is 28.0. The van der Waals surface area contributed by atoms with E-state index in [1.807, 2.05) is 24.3 Å². The topological polar surface area (TPSA) is 38.9 Å². The van der Waals surface area contributed by atoms with Gasteiger partial charge in [0.2, 0.25) is 0 Å². The number of aromatic nitrogens is 2. The van der Waals surface area contributed by atoms with Crippen LogP contribution in [0.3, 0.4) is 0 Å². The third-order valence-electron chi connectivity index (χ3n) is 10.7. The molecule has 2 aromatic heterocycles. The molecule has 2 atom stereocenters. The summed E-state index contributed by atoms with van der Waals surface area (Å²) in [6.07, 6.45) is 11.2. The summed E-state index contributed by atoms with van der Waals surface area (Å²) in [5.74, 6) is 2.52. The van der Waals surface area contributed by atoms with Gasteiger partial charge in [-0.1, -0.05) is 158 Å². The largest absolute Gasteiger partial charge is 0.459 e. The zero-order valence-electron chi connectivity index (χ0n) is 28.0. The van der Waals surface area contributed by atoms with Crippen molar-refractivity contribution in [3.63, 3.8) is 0 Å². The van der Waals surface area contributed by atoms with Crippen LogP contribution in [0.2, 0.25) is 0 Å². The van der Waals surface area contributed by atoms with E-state index < -0.39 is 0 Å². The molecule has 0 amide bonds. The first-order valence-corrected chi connectivity index (χ1v) is 17.8. The molecule has 0 fully saturated rings. The van der Waals surface area contributed by atoms with Crippen molar-refractivity contribution in [2.45, 2.75) is 24.7 Å². The minimum Gasteiger partial charge on any atom is -0.459 e. The van der Waals surface area contributed by atoms with Gasteiger partial charge in [-0.15, -0.1) is 0 Å². The fraction of sp³-hybridized carbons (Fsp3) is 0.0833. The van der Waals surface area contributed by atoms with E-state index in [-0.39, 0.29) is 0 Å². The molecule has 8 aromatic rings. The Labute approximate surface area is 297 Å². The average Bonchev–Trinajstić information content (AvgIpc) is 3.60. The first-order valence-electron chi connectivity index (χ1n) is 17.8. The molecule has 2 unspecified atom stereocenters. The highest BCUT2D eigenvalue weighted by Gasteiger charge is 2.33. The molecule has 51 heavy (non-hydrogen) atoms. The summed E-state index contributed by atoms with van der Waals surface area (Å²) < 4.78 is 6.96. The summed E-state index contributed by atoms with van der Waals surface area (Å²) in [5, 5.41) is 3.52. The molecule has 0 N–H and O–H groups in total. The molecule has 0 aliphatic heterocycles. The molecular formula is C48H34N2O. The molecule has 0 saturated heterocycles. The molecule has 2 aliphatic carbocycles. The Morgan fingerprint density at radius 1 is 0.490 bits per heavy atom. The van der Waals surface area contributed by atoms with E-state index >= 15 is 0 Å². The number of furan rings is 1. The first kappa shape index (κ1) is 29.6. The lowest BCUT2D eigenvalue weighted by Crippen LogP contribution is -2.15. The minimum absolute atomic E-state index is 0.291. The van der Waals surface area contributed by atoms with E-state index in [1.165, 1.54) is 33.0 Å². The van der Waals surface area contributed by atoms with Gasteiger partial charge >= 0.3 is 0 Å². The molecule has 242 valence electrons. The van der Waals surface area contributed by atoms with Crippen molar-refractivity contribution >= 4 is 33.9 Å². The smallest absolute Gasteiger partial charge is 0.160 e. The lowest BCUT2D eigenvalue weighted by Gasteiger charge is -2.30. The molecule has 0 saturated carbocycles. The van der Waals surface area contributed by atoms with Gasteiger partial charge in [0, 0.05) is 38.9 Å². The van der Waals surface area contributed by atoms with Gasteiger partial charge in [-0.2, -0.15) is 0 Å². The average molecular weight is 655 g/mol. The van der Waals surface area contributed by atoms with Crippen LogP contribution in [0, 0.1) is 0 Å². The second-order valence-corrected chi connectivity index (χ2v) is 13.6. The molecule has 2 heterocycles. The van der Waals surface area contributed by atoms with Crippen LogP contribution in [0.1, 0.15) is 47.1 Å². The lowest BCUT2D eigenvalue weighted by molar-refractivity contribution is 0.433. The maximum Gasteiger partial charge on any atom is 0.160 e. The first-order chi connectivity index (χ1) is 25.3. The van der Waals surface area contributed by atoms with Crippen molar-refractivity contribution in [2.24, 2.45) is 0 Å². The third-order valence-corrected chi connectivity index (χ3v) is 10.7. The molecule has 3 heteroatoms. The molecule has 2 aliphatic rings. The molecule has 0 spiro atoms. The highest BCUT2D eigenvalue weighted by molar-refractivity contribution is 6.13. The van der Waals surface area contributed by atoms with Gasteiger partial charge in [0.05, 0.1) is 11.4 Å². The molecule has 10 rings (SSSR count). The third kappa shape index (κ3) is 5.13. The van der Waals surface area contributed by atoms with Crippen LogP contribution in [-0.2, 0) is 0 Å². The number of hydrogen-bond donors (Lipinski definition) is 0. The summed E-state index contributed by atoms with van der Waals surface area (Å²) in [5.41, 5.74) is 12.2. The van der Waals surface area contributed by atoms with Gasteiger partial charge < -0.3 is 4.42 Å². The Morgan fingerprint density at radius 3 is 1.88 bits per heavy atom. The van der Waals surface area contributed by atoms with E-state index in [9.17, 15) is 0 Å². The molecule has 3 nitrogen and oxygen atoms in total. The summed E-state index contributed by atoms with van der Waals surface area (Å²) in [7, 11) is 0. The Morgan fingerprint density at radius 2 is 1.10 bits per heavy atom. The van der Waals surface area contributed by atoms with Crippen LogP contribution < -0.4 is 0 Å². The van der Waals surface area contributed by atoms with Crippen molar-refractivity contribution in [3.8, 4) is 45.0 Å². The van der Waals surface area contributed by atoms with E-state index in [0.29, 0.717) is 11.8 Å². The Balaban J connectivity index is 1.08. The summed E-state index contributed by atoms with van der Waals surface area (Å²) >= 11 is 0. The highest BCUT2D eigenvalue weighted by Crippen LogP contribution is 2.49. The van der Waals surface area contributed by atoms with Crippen molar-refractivity contribution < 1.29 is 4.42 Å². The van der Waals surface area contributed by atoms with E-state index in [4.69, 9.17) is 14.4 Å². The van der Waals surface area contributed by atoms with Gasteiger partial charge in [0.15, 0.2) is 5.82 Å². The zero-order chi connectivity index (χ0) is 33.7. The normalized spacial score (nSPS) is 16.3. The summed E-state index contributed by atoms with van der Waals surface area (Å²) in [6.45, 7) is 0. The van der Waals surface area contributed by atoms with E-state index in [2.05, 4.69) is 146 Å². The van der Waals surface area contributed by atoms with E-state index in [1.54, 1.807) is 0 Å². The van der Waals surface area contributed by atoms with Gasteiger partial charge in [-0.25, -0.2) is 9.97 Å². The van der Waals surface area contributed by atoms with Gasteiger partial charge in [0.25, 0.3) is 0 Å². The summed E-state index contributed by atoms with van der Waals surface area (Å²) in [6, 6.07) is 51.3. The van der Waals surface area contributed by atoms with Crippen molar-refractivity contribution in [3.05, 3.63) is 180 Å². The standard InChI is InChI=1S/C48H34N2O/c1-3-14-33(15-4-1)44-30-45(50-48(49-44)35-16-5-2-6-17-35)34-27-25-32(26-28-34)42-29-43-41-24-12-23-40(37-22-11-18-31-13-7-8-19-36(31)37)46(41)51-47(43)39-21-10-9-20-38(39)42/h1-21,24-30,37,40H,22-23H2. The summed E-state index contributed by atoms with van der Waals surface area (Å²) in [4.78, 5) is 10.0. The van der Waals surface area contributed by atoms with Crippen LogP contribution >= 0.6 is 0 Å². The number of nitrogens with zero attached hydrogens (tertiary/aromatic N) is 2. The monoisotopic (exact) mass is 654 g/mol. The van der Waals surface area contributed by atoms with Crippen molar-refractivity contribution in [1.29, 1.82) is 0 Å². The maximum atomic E-state index is 6.96. The molecular weight excluding hydrogens is 621 g/mol. The Hall–Kier alpha value is -6.32. The second kappa shape index (κ2) is 12.2. The molecule has 6 aromatic carbocycles.